The number of hydrogen-bond acceptors (Lipinski definition) is 7. The van der Waals surface area contributed by atoms with Gasteiger partial charge in [-0.25, -0.2) is 19.6 Å². The molecule has 0 unspecified atom stereocenters. The lowest BCUT2D eigenvalue weighted by atomic mass is 10.2. The summed E-state index contributed by atoms with van der Waals surface area (Å²) >= 11 is 0. The van der Waals surface area contributed by atoms with Gasteiger partial charge in [0.25, 0.3) is 0 Å². The molecule has 0 radical (unpaired) electrons. The van der Waals surface area contributed by atoms with Crippen molar-refractivity contribution in [1.82, 2.24) is 14.5 Å². The quantitative estimate of drug-likeness (QED) is 0.434. The summed E-state index contributed by atoms with van der Waals surface area (Å²) in [6.07, 6.45) is 1.44. The summed E-state index contributed by atoms with van der Waals surface area (Å²) in [5, 5.41) is 0. The Hall–Kier alpha value is -3.94. The van der Waals surface area contributed by atoms with E-state index in [0.717, 1.165) is 6.42 Å². The van der Waals surface area contributed by atoms with E-state index in [1.807, 2.05) is 38.1 Å². The first kappa shape index (κ1) is 21.3. The van der Waals surface area contributed by atoms with Crippen molar-refractivity contribution in [2.75, 3.05) is 18.9 Å². The minimum absolute atomic E-state index is 0.178. The van der Waals surface area contributed by atoms with Crippen LogP contribution in [0, 0.1) is 0 Å². The van der Waals surface area contributed by atoms with E-state index in [4.69, 9.17) is 20.2 Å². The highest BCUT2D eigenvalue weighted by Gasteiger charge is 2.26. The third-order valence-corrected chi connectivity index (χ3v) is 4.94. The van der Waals surface area contributed by atoms with Crippen LogP contribution in [-0.4, -0.2) is 39.7 Å². The Morgan fingerprint density at radius 3 is 2.09 bits per heavy atom. The molecule has 0 spiro atoms. The van der Waals surface area contributed by atoms with Crippen molar-refractivity contribution in [1.29, 1.82) is 0 Å². The third kappa shape index (κ3) is 3.87. The lowest BCUT2D eigenvalue weighted by Gasteiger charge is -2.09. The highest BCUT2D eigenvalue weighted by atomic mass is 16.5. The first-order chi connectivity index (χ1) is 15.5. The number of nitrogen functional groups attached to an aromatic ring is 1. The molecule has 164 valence electrons. The van der Waals surface area contributed by atoms with Gasteiger partial charge in [0.15, 0.2) is 5.65 Å². The van der Waals surface area contributed by atoms with Crippen molar-refractivity contribution < 1.29 is 19.1 Å². The number of nitrogens with zero attached hydrogens (tertiary/aromatic N) is 3. The molecule has 2 aromatic heterocycles. The maximum atomic E-state index is 12.8. The van der Waals surface area contributed by atoms with E-state index in [2.05, 4.69) is 4.98 Å². The molecule has 0 bridgehead atoms. The molecule has 2 N–H and O–H groups in total. The van der Waals surface area contributed by atoms with Crippen LogP contribution in [0.3, 0.4) is 0 Å². The summed E-state index contributed by atoms with van der Waals surface area (Å²) in [5.41, 5.74) is 9.81. The average Bonchev–Trinajstić information content (AvgIpc) is 3.10. The van der Waals surface area contributed by atoms with Crippen LogP contribution in [-0.2, 0) is 9.47 Å². The zero-order valence-electron chi connectivity index (χ0n) is 18.0. The summed E-state index contributed by atoms with van der Waals surface area (Å²) in [6.45, 7) is 4.49. The Labute approximate surface area is 185 Å². The molecule has 4 rings (SSSR count). The first-order valence-corrected chi connectivity index (χ1v) is 10.6. The second-order valence-corrected chi connectivity index (χ2v) is 7.30. The number of nitrogens with two attached hydrogens (primary N) is 1. The van der Waals surface area contributed by atoms with E-state index >= 15 is 0 Å². The summed E-state index contributed by atoms with van der Waals surface area (Å²) < 4.78 is 12.2. The SMILES string of the molecule is CCCOC(=O)c1ccc(-n2c(N)c(C(=O)OCCC)c3nc4ccccc4nc32)cc1. The smallest absolute Gasteiger partial charge is 0.344 e. The molecule has 0 atom stereocenters. The van der Waals surface area contributed by atoms with Gasteiger partial charge in [0, 0.05) is 5.69 Å². The van der Waals surface area contributed by atoms with Crippen LogP contribution in [0.4, 0.5) is 5.82 Å². The van der Waals surface area contributed by atoms with Crippen molar-refractivity contribution in [2.45, 2.75) is 26.7 Å². The minimum atomic E-state index is -0.544. The number of benzene rings is 2. The number of aromatic nitrogens is 3. The molecule has 2 heterocycles. The number of para-hydroxylation sites is 2. The zero-order valence-corrected chi connectivity index (χ0v) is 18.0. The molecule has 0 saturated heterocycles. The molecular weight excluding hydrogens is 408 g/mol. The van der Waals surface area contributed by atoms with Gasteiger partial charge in [-0.05, 0) is 49.2 Å². The predicted molar refractivity (Wildman–Crippen MR) is 122 cm³/mol. The van der Waals surface area contributed by atoms with Gasteiger partial charge in [-0.15, -0.1) is 0 Å². The summed E-state index contributed by atoms with van der Waals surface area (Å²) in [4.78, 5) is 34.3. The maximum absolute atomic E-state index is 12.8. The zero-order chi connectivity index (χ0) is 22.7. The molecule has 4 aromatic rings. The lowest BCUT2D eigenvalue weighted by Crippen LogP contribution is -2.10. The van der Waals surface area contributed by atoms with E-state index in [1.54, 1.807) is 28.8 Å². The van der Waals surface area contributed by atoms with Gasteiger partial charge in [0.2, 0.25) is 0 Å². The highest BCUT2D eigenvalue weighted by Crippen LogP contribution is 2.31. The number of fused-ring (bicyclic) bond motifs is 2. The minimum Gasteiger partial charge on any atom is -0.462 e. The number of esters is 2. The molecule has 0 aliphatic heterocycles. The largest absolute Gasteiger partial charge is 0.462 e. The van der Waals surface area contributed by atoms with Gasteiger partial charge in [-0.1, -0.05) is 26.0 Å². The van der Waals surface area contributed by atoms with Crippen molar-refractivity contribution in [2.24, 2.45) is 0 Å². The van der Waals surface area contributed by atoms with Gasteiger partial charge >= 0.3 is 11.9 Å². The Bertz CT molecular complexity index is 1300. The number of hydrogen-bond donors (Lipinski definition) is 1. The van der Waals surface area contributed by atoms with Gasteiger partial charge in [0.1, 0.15) is 16.9 Å². The number of ether oxygens (including phenoxy) is 2. The van der Waals surface area contributed by atoms with Crippen LogP contribution in [0.1, 0.15) is 47.4 Å². The van der Waals surface area contributed by atoms with Crippen LogP contribution in [0.25, 0.3) is 27.9 Å². The monoisotopic (exact) mass is 432 g/mol. The van der Waals surface area contributed by atoms with Crippen molar-refractivity contribution in [3.05, 3.63) is 59.7 Å². The summed E-state index contributed by atoms with van der Waals surface area (Å²) in [7, 11) is 0. The summed E-state index contributed by atoms with van der Waals surface area (Å²) in [6, 6.07) is 14.2. The number of carbonyl (C=O) groups is 2. The second-order valence-electron chi connectivity index (χ2n) is 7.30. The topological polar surface area (TPSA) is 109 Å². The molecule has 8 nitrogen and oxygen atoms in total. The summed E-state index contributed by atoms with van der Waals surface area (Å²) in [5.74, 6) is -0.756. The molecule has 8 heteroatoms. The van der Waals surface area contributed by atoms with Crippen molar-refractivity contribution in [3.63, 3.8) is 0 Å². The van der Waals surface area contributed by atoms with Crippen LogP contribution >= 0.6 is 0 Å². The molecule has 2 aromatic carbocycles. The molecule has 0 amide bonds. The molecular formula is C24H24N4O4. The Morgan fingerprint density at radius 2 is 1.47 bits per heavy atom. The van der Waals surface area contributed by atoms with Gasteiger partial charge in [-0.3, -0.25) is 4.57 Å². The van der Waals surface area contributed by atoms with Gasteiger partial charge in [0.05, 0.1) is 29.8 Å². The molecule has 0 fully saturated rings. The Balaban J connectivity index is 1.86. The molecule has 0 saturated carbocycles. The fourth-order valence-electron chi connectivity index (χ4n) is 3.42. The Kier molecular flexibility index (Phi) is 6.02. The van der Waals surface area contributed by atoms with E-state index < -0.39 is 11.9 Å². The van der Waals surface area contributed by atoms with Crippen LogP contribution in [0.2, 0.25) is 0 Å². The molecule has 32 heavy (non-hydrogen) atoms. The van der Waals surface area contributed by atoms with E-state index in [9.17, 15) is 9.59 Å². The van der Waals surface area contributed by atoms with Gasteiger partial charge < -0.3 is 15.2 Å². The number of anilines is 1. The predicted octanol–water partition coefficient (Wildman–Crippen LogP) is 4.29. The van der Waals surface area contributed by atoms with E-state index in [1.165, 1.54) is 0 Å². The lowest BCUT2D eigenvalue weighted by molar-refractivity contribution is 0.0497. The molecule has 0 aliphatic rings. The van der Waals surface area contributed by atoms with E-state index in [0.29, 0.717) is 46.5 Å². The normalized spacial score (nSPS) is 11.1. The Morgan fingerprint density at radius 1 is 0.875 bits per heavy atom. The van der Waals surface area contributed by atoms with E-state index in [-0.39, 0.29) is 18.0 Å². The van der Waals surface area contributed by atoms with Crippen LogP contribution in [0.5, 0.6) is 0 Å². The maximum Gasteiger partial charge on any atom is 0.344 e. The third-order valence-electron chi connectivity index (χ3n) is 4.94. The fourth-order valence-corrected chi connectivity index (χ4v) is 3.42. The van der Waals surface area contributed by atoms with Crippen LogP contribution in [0.15, 0.2) is 48.5 Å². The van der Waals surface area contributed by atoms with Gasteiger partial charge in [-0.2, -0.15) is 0 Å². The van der Waals surface area contributed by atoms with Crippen molar-refractivity contribution >= 4 is 40.0 Å². The average molecular weight is 432 g/mol. The number of carbonyl (C=O) groups excluding carboxylic acids is 2. The van der Waals surface area contributed by atoms with Crippen LogP contribution < -0.4 is 5.73 Å². The second kappa shape index (κ2) is 9.05. The first-order valence-electron chi connectivity index (χ1n) is 10.6. The number of rotatable bonds is 7. The molecule has 0 aliphatic carbocycles. The standard InChI is InChI=1S/C24H24N4O4/c1-3-13-31-23(29)15-9-11-16(12-10-15)28-21(25)19(24(30)32-14-4-2)20-22(28)27-18-8-6-5-7-17(18)26-20/h5-12H,3-4,13-14,25H2,1-2H3. The highest BCUT2D eigenvalue weighted by molar-refractivity contribution is 6.09. The van der Waals surface area contributed by atoms with Crippen molar-refractivity contribution in [3.8, 4) is 5.69 Å². The fraction of sp³-hybridized carbons (Fsp3) is 0.250.